The summed E-state index contributed by atoms with van der Waals surface area (Å²) in [6, 6.07) is 10.4. The highest BCUT2D eigenvalue weighted by Crippen LogP contribution is 2.33. The van der Waals surface area contributed by atoms with Crippen LogP contribution in [0.3, 0.4) is 0 Å². The van der Waals surface area contributed by atoms with Crippen LogP contribution in [0.1, 0.15) is 17.0 Å². The van der Waals surface area contributed by atoms with Gasteiger partial charge in [-0.05, 0) is 25.2 Å². The summed E-state index contributed by atoms with van der Waals surface area (Å²) >= 11 is 0. The molecule has 29 heavy (non-hydrogen) atoms. The fourth-order valence-corrected chi connectivity index (χ4v) is 3.74. The second kappa shape index (κ2) is 7.90. The summed E-state index contributed by atoms with van der Waals surface area (Å²) in [4.78, 5) is 19.0. The summed E-state index contributed by atoms with van der Waals surface area (Å²) < 4.78 is 2.14. The second-order valence-corrected chi connectivity index (χ2v) is 7.63. The summed E-state index contributed by atoms with van der Waals surface area (Å²) in [5, 5.41) is 12.4. The van der Waals surface area contributed by atoms with E-state index in [9.17, 15) is 10.1 Å². The van der Waals surface area contributed by atoms with Gasteiger partial charge in [-0.3, -0.25) is 4.79 Å². The quantitative estimate of drug-likeness (QED) is 0.859. The molecule has 0 spiro atoms. The molecule has 0 radical (unpaired) electrons. The third-order valence-corrected chi connectivity index (χ3v) is 5.22. The molecule has 6 heteroatoms. The van der Waals surface area contributed by atoms with E-state index >= 15 is 0 Å². The normalized spacial score (nSPS) is 20.6. The van der Waals surface area contributed by atoms with Crippen molar-refractivity contribution < 1.29 is 4.79 Å². The zero-order chi connectivity index (χ0) is 20.4. The topological polar surface area (TPSA) is 74.0 Å². The molecule has 4 rings (SSSR count). The highest BCUT2D eigenvalue weighted by Gasteiger charge is 2.32. The van der Waals surface area contributed by atoms with Crippen LogP contribution in [-0.2, 0) is 17.9 Å². The molecule has 1 aromatic heterocycles. The predicted molar refractivity (Wildman–Crippen MR) is 111 cm³/mol. The maximum Gasteiger partial charge on any atom is 0.252 e. The molecular weight excluding hydrogens is 362 g/mol. The molecule has 2 unspecified atom stereocenters. The van der Waals surface area contributed by atoms with Crippen molar-refractivity contribution >= 4 is 11.6 Å². The van der Waals surface area contributed by atoms with E-state index in [1.165, 1.54) is 0 Å². The molecule has 1 N–H and O–H groups in total. The van der Waals surface area contributed by atoms with E-state index in [1.807, 2.05) is 50.8 Å². The smallest absolute Gasteiger partial charge is 0.252 e. The van der Waals surface area contributed by atoms with Crippen molar-refractivity contribution in [3.8, 4) is 6.07 Å². The first-order chi connectivity index (χ1) is 14.0. The van der Waals surface area contributed by atoms with Gasteiger partial charge in [0.15, 0.2) is 0 Å². The molecule has 1 aliphatic carbocycles. The Morgan fingerprint density at radius 2 is 2.07 bits per heavy atom. The summed E-state index contributed by atoms with van der Waals surface area (Å²) in [7, 11) is 4.05. The van der Waals surface area contributed by atoms with Gasteiger partial charge in [0.2, 0.25) is 0 Å². The minimum atomic E-state index is -0.313. The monoisotopic (exact) mass is 385 g/mol. The predicted octanol–water partition coefficient (Wildman–Crippen LogP) is 2.72. The Balaban J connectivity index is 1.54. The third kappa shape index (κ3) is 3.91. The van der Waals surface area contributed by atoms with Crippen molar-refractivity contribution in [3.05, 3.63) is 83.5 Å². The van der Waals surface area contributed by atoms with Crippen LogP contribution >= 0.6 is 0 Å². The van der Waals surface area contributed by atoms with Gasteiger partial charge in [0.1, 0.15) is 5.82 Å². The Labute approximate surface area is 170 Å². The lowest BCUT2D eigenvalue weighted by molar-refractivity contribution is -0.117. The molecule has 2 aliphatic rings. The molecular formula is C23H23N5O. The number of imidazole rings is 1. The fourth-order valence-electron chi connectivity index (χ4n) is 3.74. The van der Waals surface area contributed by atoms with E-state index < -0.39 is 0 Å². The Morgan fingerprint density at radius 3 is 2.79 bits per heavy atom. The van der Waals surface area contributed by atoms with Crippen molar-refractivity contribution in [1.82, 2.24) is 19.8 Å². The molecule has 0 saturated carbocycles. The minimum absolute atomic E-state index is 0.132. The summed E-state index contributed by atoms with van der Waals surface area (Å²) in [6.45, 7) is 1.53. The number of carbonyl (C=O) groups excluding carboxylic acids is 1. The van der Waals surface area contributed by atoms with E-state index in [0.717, 1.165) is 35.7 Å². The van der Waals surface area contributed by atoms with Crippen molar-refractivity contribution in [3.63, 3.8) is 0 Å². The number of carbonyl (C=O) groups is 1. The number of nitrogens with zero attached hydrogens (tertiary/aromatic N) is 4. The van der Waals surface area contributed by atoms with E-state index in [4.69, 9.17) is 0 Å². The summed E-state index contributed by atoms with van der Waals surface area (Å²) in [6.07, 6.45) is 11.2. The lowest BCUT2D eigenvalue weighted by atomic mass is 9.79. The molecule has 2 atom stereocenters. The highest BCUT2D eigenvalue weighted by molar-refractivity contribution is 6.02. The Hall–Kier alpha value is -3.43. The fraction of sp³-hybridized carbons (Fsp3) is 0.261. The zero-order valence-corrected chi connectivity index (χ0v) is 16.5. The summed E-state index contributed by atoms with van der Waals surface area (Å²) in [5.41, 5.74) is 3.50. The first kappa shape index (κ1) is 18.9. The van der Waals surface area contributed by atoms with E-state index in [2.05, 4.69) is 38.0 Å². The van der Waals surface area contributed by atoms with Gasteiger partial charge in [-0.1, -0.05) is 48.6 Å². The number of amides is 1. The number of rotatable bonds is 5. The lowest BCUT2D eigenvalue weighted by Crippen LogP contribution is -2.34. The average Bonchev–Trinajstić information content (AvgIpc) is 3.14. The minimum Gasteiger partial charge on any atom is -0.329 e. The number of nitrogens with one attached hydrogen (secondary N) is 1. The average molecular weight is 385 g/mol. The van der Waals surface area contributed by atoms with Crippen molar-refractivity contribution in [2.45, 2.75) is 13.1 Å². The van der Waals surface area contributed by atoms with Gasteiger partial charge in [0.05, 0.1) is 18.5 Å². The number of allylic oxidation sites excluding steroid dienone is 4. The molecule has 146 valence electrons. The Morgan fingerprint density at radius 1 is 1.28 bits per heavy atom. The molecule has 1 aliphatic heterocycles. The van der Waals surface area contributed by atoms with Crippen LogP contribution in [0.15, 0.2) is 66.5 Å². The van der Waals surface area contributed by atoms with Gasteiger partial charge in [-0.15, -0.1) is 0 Å². The van der Waals surface area contributed by atoms with Gasteiger partial charge < -0.3 is 14.8 Å². The van der Waals surface area contributed by atoms with Gasteiger partial charge in [0, 0.05) is 36.1 Å². The largest absolute Gasteiger partial charge is 0.329 e. The second-order valence-electron chi connectivity index (χ2n) is 7.63. The lowest BCUT2D eigenvalue weighted by Gasteiger charge is -2.28. The number of fused-ring (bicyclic) bond motifs is 1. The first-order valence-corrected chi connectivity index (χ1v) is 9.60. The molecule has 0 saturated heterocycles. The molecule has 2 heterocycles. The van der Waals surface area contributed by atoms with Gasteiger partial charge >= 0.3 is 0 Å². The van der Waals surface area contributed by atoms with Crippen LogP contribution in [0.25, 0.3) is 5.70 Å². The van der Waals surface area contributed by atoms with Crippen LogP contribution in [0.5, 0.6) is 0 Å². The number of aromatic nitrogens is 2. The highest BCUT2D eigenvalue weighted by atomic mass is 16.1. The SMILES string of the molecule is CN(C)Cc1nccn1Cc1ccc(C2=CC3C(=CC=CC3C#N)C(=O)N2)cc1. The van der Waals surface area contributed by atoms with Crippen LogP contribution < -0.4 is 5.32 Å². The maximum atomic E-state index is 12.5. The van der Waals surface area contributed by atoms with Crippen molar-refractivity contribution in [2.75, 3.05) is 14.1 Å². The van der Waals surface area contributed by atoms with Crippen molar-refractivity contribution in [1.29, 1.82) is 5.26 Å². The van der Waals surface area contributed by atoms with Crippen LogP contribution in [-0.4, -0.2) is 34.5 Å². The molecule has 6 nitrogen and oxygen atoms in total. The molecule has 0 fully saturated rings. The standard InChI is InChI=1S/C23H23N5O/c1-27(2)15-22-25-10-11-28(22)14-16-6-8-17(9-7-16)21-12-20-18(13-24)4-3-5-19(20)23(29)26-21/h3-12,18,20H,14-15H2,1-2H3,(H,26,29). The number of hydrogen-bond acceptors (Lipinski definition) is 4. The van der Waals surface area contributed by atoms with Crippen LogP contribution in [0.4, 0.5) is 0 Å². The maximum absolute atomic E-state index is 12.5. The van der Waals surface area contributed by atoms with Gasteiger partial charge in [-0.2, -0.15) is 5.26 Å². The molecule has 0 bridgehead atoms. The summed E-state index contributed by atoms with van der Waals surface area (Å²) in [5.74, 6) is 0.376. The van der Waals surface area contributed by atoms with Gasteiger partial charge in [0.25, 0.3) is 5.91 Å². The number of nitriles is 1. The van der Waals surface area contributed by atoms with E-state index in [0.29, 0.717) is 5.57 Å². The molecule has 1 amide bonds. The van der Waals surface area contributed by atoms with Gasteiger partial charge in [-0.25, -0.2) is 4.98 Å². The van der Waals surface area contributed by atoms with Crippen LogP contribution in [0.2, 0.25) is 0 Å². The van der Waals surface area contributed by atoms with Crippen molar-refractivity contribution in [2.24, 2.45) is 11.8 Å². The molecule has 1 aromatic carbocycles. The third-order valence-electron chi connectivity index (χ3n) is 5.22. The zero-order valence-electron chi connectivity index (χ0n) is 16.5. The Bertz CT molecular complexity index is 1050. The molecule has 2 aromatic rings. The number of hydrogen-bond donors (Lipinski definition) is 1. The first-order valence-electron chi connectivity index (χ1n) is 9.60. The van der Waals surface area contributed by atoms with Crippen LogP contribution in [0, 0.1) is 23.2 Å². The van der Waals surface area contributed by atoms with E-state index in [-0.39, 0.29) is 17.7 Å². The number of benzene rings is 1. The van der Waals surface area contributed by atoms with E-state index in [1.54, 1.807) is 12.2 Å². The Kier molecular flexibility index (Phi) is 5.15.